The fraction of sp³-hybridized carbons (Fsp3) is 0.261. The standard InChI is InChI=1S/C23H23FN4O3/c1-23(22(31)26-13-20(29)25-12-15-6-5-8-17(24)10-15)14-28-18-9-4-3-7-16(18)11-19(28)21(30)27(23)2/h3-11H,12-14H2,1-2H3,(H,25,29)(H,26,31)/t23-/m1/s1. The minimum absolute atomic E-state index is 0.154. The van der Waals surface area contributed by atoms with Gasteiger partial charge in [-0.15, -0.1) is 0 Å². The number of aromatic nitrogens is 1. The van der Waals surface area contributed by atoms with Gasteiger partial charge in [-0.3, -0.25) is 14.4 Å². The molecule has 8 heteroatoms. The SMILES string of the molecule is CN1C(=O)c2cc3ccccc3n2C[C@]1(C)C(=O)NCC(=O)NCc1cccc(F)c1. The Morgan fingerprint density at radius 2 is 1.87 bits per heavy atom. The summed E-state index contributed by atoms with van der Waals surface area (Å²) in [5.41, 5.74) is 0.873. The van der Waals surface area contributed by atoms with Gasteiger partial charge in [-0.05, 0) is 36.8 Å². The van der Waals surface area contributed by atoms with E-state index < -0.39 is 17.4 Å². The number of rotatable bonds is 5. The number of benzene rings is 2. The maximum Gasteiger partial charge on any atom is 0.271 e. The van der Waals surface area contributed by atoms with Gasteiger partial charge in [0.05, 0.1) is 13.1 Å². The molecule has 1 aromatic heterocycles. The molecule has 0 bridgehead atoms. The second kappa shape index (κ2) is 7.86. The summed E-state index contributed by atoms with van der Waals surface area (Å²) in [5, 5.41) is 6.21. The average molecular weight is 422 g/mol. The first-order chi connectivity index (χ1) is 14.8. The van der Waals surface area contributed by atoms with Gasteiger partial charge in [-0.1, -0.05) is 30.3 Å². The highest BCUT2D eigenvalue weighted by Gasteiger charge is 2.45. The lowest BCUT2D eigenvalue weighted by Crippen LogP contribution is -2.63. The Kier molecular flexibility index (Phi) is 5.22. The lowest BCUT2D eigenvalue weighted by atomic mass is 9.95. The first-order valence-corrected chi connectivity index (χ1v) is 9.95. The van der Waals surface area contributed by atoms with Crippen LogP contribution in [0.25, 0.3) is 10.9 Å². The number of amides is 3. The molecule has 0 unspecified atom stereocenters. The number of halogens is 1. The van der Waals surface area contributed by atoms with E-state index in [9.17, 15) is 18.8 Å². The normalized spacial score (nSPS) is 18.0. The van der Waals surface area contributed by atoms with Crippen LogP contribution >= 0.6 is 0 Å². The molecule has 31 heavy (non-hydrogen) atoms. The zero-order valence-electron chi connectivity index (χ0n) is 17.3. The predicted octanol–water partition coefficient (Wildman–Crippen LogP) is 2.06. The van der Waals surface area contributed by atoms with Crippen molar-refractivity contribution < 1.29 is 18.8 Å². The molecule has 2 aromatic carbocycles. The number of likely N-dealkylation sites (N-methyl/N-ethyl adjacent to an activating group) is 1. The van der Waals surface area contributed by atoms with Crippen molar-refractivity contribution in [3.63, 3.8) is 0 Å². The Morgan fingerprint density at radius 1 is 1.10 bits per heavy atom. The van der Waals surface area contributed by atoms with Crippen LogP contribution in [0.2, 0.25) is 0 Å². The summed E-state index contributed by atoms with van der Waals surface area (Å²) in [6.45, 7) is 1.86. The van der Waals surface area contributed by atoms with Crippen LogP contribution in [0.5, 0.6) is 0 Å². The summed E-state index contributed by atoms with van der Waals surface area (Å²) in [4.78, 5) is 39.5. The van der Waals surface area contributed by atoms with Gasteiger partial charge in [0.15, 0.2) is 0 Å². The molecule has 1 atom stereocenters. The third-order valence-electron chi connectivity index (χ3n) is 5.82. The van der Waals surface area contributed by atoms with Crippen LogP contribution in [0.4, 0.5) is 4.39 Å². The number of para-hydroxylation sites is 1. The van der Waals surface area contributed by atoms with Crippen molar-refractivity contribution in [2.45, 2.75) is 25.6 Å². The summed E-state index contributed by atoms with van der Waals surface area (Å²) in [6.07, 6.45) is 0. The van der Waals surface area contributed by atoms with Crippen molar-refractivity contribution in [3.8, 4) is 0 Å². The van der Waals surface area contributed by atoms with Crippen molar-refractivity contribution in [1.82, 2.24) is 20.1 Å². The van der Waals surface area contributed by atoms with Gasteiger partial charge in [0.1, 0.15) is 17.1 Å². The van der Waals surface area contributed by atoms with Gasteiger partial charge < -0.3 is 20.1 Å². The maximum atomic E-state index is 13.2. The van der Waals surface area contributed by atoms with E-state index in [0.717, 1.165) is 10.9 Å². The molecule has 2 N–H and O–H groups in total. The Morgan fingerprint density at radius 3 is 2.65 bits per heavy atom. The smallest absolute Gasteiger partial charge is 0.271 e. The zero-order valence-corrected chi connectivity index (χ0v) is 17.3. The predicted molar refractivity (Wildman–Crippen MR) is 114 cm³/mol. The Balaban J connectivity index is 1.44. The largest absolute Gasteiger partial charge is 0.350 e. The van der Waals surface area contributed by atoms with E-state index in [1.165, 1.54) is 17.0 Å². The molecule has 0 aliphatic carbocycles. The van der Waals surface area contributed by atoms with E-state index in [0.29, 0.717) is 11.3 Å². The number of carbonyl (C=O) groups is 3. The van der Waals surface area contributed by atoms with Crippen LogP contribution in [0.15, 0.2) is 54.6 Å². The van der Waals surface area contributed by atoms with Gasteiger partial charge in [0.2, 0.25) is 11.8 Å². The second-order valence-corrected chi connectivity index (χ2v) is 7.90. The second-order valence-electron chi connectivity index (χ2n) is 7.90. The van der Waals surface area contributed by atoms with Gasteiger partial charge in [-0.25, -0.2) is 4.39 Å². The Labute approximate surface area is 178 Å². The van der Waals surface area contributed by atoms with Crippen molar-refractivity contribution in [2.24, 2.45) is 0 Å². The maximum absolute atomic E-state index is 13.2. The highest BCUT2D eigenvalue weighted by atomic mass is 19.1. The quantitative estimate of drug-likeness (QED) is 0.660. The van der Waals surface area contributed by atoms with E-state index in [1.54, 1.807) is 26.1 Å². The van der Waals surface area contributed by atoms with Crippen molar-refractivity contribution in [3.05, 3.63) is 71.7 Å². The number of fused-ring (bicyclic) bond motifs is 3. The Hall–Kier alpha value is -3.68. The summed E-state index contributed by atoms with van der Waals surface area (Å²) in [7, 11) is 1.59. The monoisotopic (exact) mass is 422 g/mol. The van der Waals surface area contributed by atoms with E-state index in [2.05, 4.69) is 10.6 Å². The molecule has 0 radical (unpaired) electrons. The topological polar surface area (TPSA) is 83.4 Å². The van der Waals surface area contributed by atoms with Crippen LogP contribution in [0.3, 0.4) is 0 Å². The Bertz CT molecular complexity index is 1190. The van der Waals surface area contributed by atoms with Crippen LogP contribution in [0, 0.1) is 5.82 Å². The fourth-order valence-electron chi connectivity index (χ4n) is 3.85. The molecule has 160 valence electrons. The number of hydrogen-bond donors (Lipinski definition) is 2. The molecule has 0 fully saturated rings. The van der Waals surface area contributed by atoms with Crippen molar-refractivity contribution in [2.75, 3.05) is 13.6 Å². The number of carbonyl (C=O) groups excluding carboxylic acids is 3. The minimum Gasteiger partial charge on any atom is -0.350 e. The molecule has 0 spiro atoms. The molecular formula is C23H23FN4O3. The molecule has 0 saturated carbocycles. The van der Waals surface area contributed by atoms with Crippen LogP contribution in [0.1, 0.15) is 23.0 Å². The average Bonchev–Trinajstić information content (AvgIpc) is 3.13. The number of nitrogens with one attached hydrogen (secondary N) is 2. The highest BCUT2D eigenvalue weighted by Crippen LogP contribution is 2.31. The molecule has 3 aromatic rings. The van der Waals surface area contributed by atoms with Crippen LogP contribution in [-0.2, 0) is 22.7 Å². The minimum atomic E-state index is -1.16. The number of nitrogens with zero attached hydrogens (tertiary/aromatic N) is 2. The summed E-state index contributed by atoms with van der Waals surface area (Å²) in [5.74, 6) is -1.46. The molecule has 1 aliphatic heterocycles. The van der Waals surface area contributed by atoms with Gasteiger partial charge >= 0.3 is 0 Å². The summed E-state index contributed by atoms with van der Waals surface area (Å²) >= 11 is 0. The molecule has 4 rings (SSSR count). The molecule has 0 saturated heterocycles. The lowest BCUT2D eigenvalue weighted by Gasteiger charge is -2.41. The molecule has 1 aliphatic rings. The fourth-order valence-corrected chi connectivity index (χ4v) is 3.85. The molecule has 7 nitrogen and oxygen atoms in total. The first-order valence-electron chi connectivity index (χ1n) is 9.95. The van der Waals surface area contributed by atoms with Crippen LogP contribution < -0.4 is 10.6 Å². The van der Waals surface area contributed by atoms with Gasteiger partial charge in [-0.2, -0.15) is 0 Å². The lowest BCUT2D eigenvalue weighted by molar-refractivity contribution is -0.134. The highest BCUT2D eigenvalue weighted by molar-refractivity contribution is 6.03. The van der Waals surface area contributed by atoms with E-state index in [1.807, 2.05) is 34.9 Å². The van der Waals surface area contributed by atoms with Gasteiger partial charge in [0, 0.05) is 24.5 Å². The summed E-state index contributed by atoms with van der Waals surface area (Å²) in [6, 6.07) is 15.4. The zero-order chi connectivity index (χ0) is 22.2. The molecule has 3 amide bonds. The van der Waals surface area contributed by atoms with E-state index in [-0.39, 0.29) is 31.4 Å². The van der Waals surface area contributed by atoms with Gasteiger partial charge in [0.25, 0.3) is 5.91 Å². The number of hydrogen-bond acceptors (Lipinski definition) is 3. The molecule has 2 heterocycles. The first kappa shape index (κ1) is 20.6. The molecular weight excluding hydrogens is 399 g/mol. The van der Waals surface area contributed by atoms with Crippen molar-refractivity contribution in [1.29, 1.82) is 0 Å². The van der Waals surface area contributed by atoms with E-state index in [4.69, 9.17) is 0 Å². The third-order valence-corrected chi connectivity index (χ3v) is 5.82. The van der Waals surface area contributed by atoms with E-state index >= 15 is 0 Å². The third kappa shape index (κ3) is 3.76. The van der Waals surface area contributed by atoms with Crippen molar-refractivity contribution >= 4 is 28.6 Å². The van der Waals surface area contributed by atoms with Crippen LogP contribution in [-0.4, -0.2) is 46.3 Å². The summed E-state index contributed by atoms with van der Waals surface area (Å²) < 4.78 is 15.1.